The average Bonchev–Trinajstić information content (AvgIpc) is 2.82. The molecule has 0 spiro atoms. The Labute approximate surface area is 266 Å². The molecule has 3 heterocycles. The fraction of sp³-hybridized carbons (Fsp3) is 1.00. The molecule has 1 unspecified atom stereocenters. The minimum atomic E-state index is 0.337. The highest BCUT2D eigenvalue weighted by atomic mass is 15.3. The fourth-order valence-electron chi connectivity index (χ4n) is 6.76. The van der Waals surface area contributed by atoms with Crippen molar-refractivity contribution in [2.45, 2.75) is 172 Å². The highest BCUT2D eigenvalue weighted by Crippen LogP contribution is 2.36. The van der Waals surface area contributed by atoms with Crippen molar-refractivity contribution >= 4 is 0 Å². The predicted octanol–water partition coefficient (Wildman–Crippen LogP) is 9.29. The van der Waals surface area contributed by atoms with Crippen LogP contribution in [0.4, 0.5) is 0 Å². The van der Waals surface area contributed by atoms with Crippen LogP contribution < -0.4 is 0 Å². The van der Waals surface area contributed by atoms with E-state index < -0.39 is 0 Å². The van der Waals surface area contributed by atoms with Crippen LogP contribution in [0, 0.1) is 22.7 Å². The SMILES string of the molecule is CC(C)(C)C1CCCN(C(C)(C)C)C1.CC(C)(C)C1CCN(C(C)(C)C)CC1.CC(C)(C)N1CCN(C(C)(C)C)CC1. The molecule has 252 valence electrons. The highest BCUT2D eigenvalue weighted by molar-refractivity contribution is 4.88. The van der Waals surface area contributed by atoms with Gasteiger partial charge in [-0.15, -0.1) is 0 Å². The number of nitrogens with zero attached hydrogens (tertiary/aromatic N) is 4. The van der Waals surface area contributed by atoms with E-state index in [1.807, 2.05) is 0 Å². The van der Waals surface area contributed by atoms with E-state index in [2.05, 4.69) is 144 Å². The number of hydrogen-bond donors (Lipinski definition) is 0. The molecule has 0 aromatic carbocycles. The van der Waals surface area contributed by atoms with Crippen molar-refractivity contribution < 1.29 is 0 Å². The van der Waals surface area contributed by atoms with Crippen LogP contribution in [0.2, 0.25) is 0 Å². The summed E-state index contributed by atoms with van der Waals surface area (Å²) in [4.78, 5) is 10.4. The molecular formula is C38H80N4. The van der Waals surface area contributed by atoms with E-state index in [4.69, 9.17) is 0 Å². The van der Waals surface area contributed by atoms with E-state index in [1.54, 1.807) is 0 Å². The van der Waals surface area contributed by atoms with Crippen LogP contribution in [0.3, 0.4) is 0 Å². The lowest BCUT2D eigenvalue weighted by Gasteiger charge is -2.46. The first-order valence-corrected chi connectivity index (χ1v) is 17.6. The van der Waals surface area contributed by atoms with Gasteiger partial charge in [0.1, 0.15) is 0 Å². The molecule has 0 saturated carbocycles. The first kappa shape index (κ1) is 39.9. The van der Waals surface area contributed by atoms with E-state index in [0.717, 1.165) is 11.8 Å². The van der Waals surface area contributed by atoms with Crippen molar-refractivity contribution in [1.82, 2.24) is 19.6 Å². The minimum Gasteiger partial charge on any atom is -0.298 e. The third-order valence-corrected chi connectivity index (χ3v) is 10.4. The van der Waals surface area contributed by atoms with Crippen LogP contribution >= 0.6 is 0 Å². The van der Waals surface area contributed by atoms with Gasteiger partial charge in [-0.05, 0) is 151 Å². The summed E-state index contributed by atoms with van der Waals surface area (Å²) in [5.41, 5.74) is 2.37. The number of piperidine rings is 2. The van der Waals surface area contributed by atoms with Gasteiger partial charge in [-0.25, -0.2) is 0 Å². The lowest BCUT2D eigenvalue weighted by Crippen LogP contribution is -2.57. The van der Waals surface area contributed by atoms with Gasteiger partial charge in [-0.3, -0.25) is 19.6 Å². The second-order valence-corrected chi connectivity index (χ2v) is 19.9. The van der Waals surface area contributed by atoms with Crippen LogP contribution in [0.5, 0.6) is 0 Å². The largest absolute Gasteiger partial charge is 0.298 e. The summed E-state index contributed by atoms with van der Waals surface area (Å²) >= 11 is 0. The van der Waals surface area contributed by atoms with Gasteiger partial charge in [-0.2, -0.15) is 0 Å². The first-order valence-electron chi connectivity index (χ1n) is 17.6. The fourth-order valence-corrected chi connectivity index (χ4v) is 6.76. The van der Waals surface area contributed by atoms with E-state index in [1.165, 1.54) is 78.0 Å². The molecule has 0 amide bonds. The Morgan fingerprint density at radius 2 is 0.643 bits per heavy atom. The molecule has 3 aliphatic heterocycles. The smallest absolute Gasteiger partial charge is 0.0126 e. The molecule has 0 radical (unpaired) electrons. The zero-order valence-electron chi connectivity index (χ0n) is 32.4. The molecular weight excluding hydrogens is 512 g/mol. The van der Waals surface area contributed by atoms with Gasteiger partial charge in [0.25, 0.3) is 0 Å². The Morgan fingerprint density at radius 3 is 0.929 bits per heavy atom. The number of likely N-dealkylation sites (tertiary alicyclic amines) is 2. The van der Waals surface area contributed by atoms with E-state index >= 15 is 0 Å². The maximum absolute atomic E-state index is 2.65. The number of piperazine rings is 1. The van der Waals surface area contributed by atoms with Crippen molar-refractivity contribution in [2.75, 3.05) is 52.4 Å². The zero-order valence-corrected chi connectivity index (χ0v) is 32.4. The third-order valence-electron chi connectivity index (χ3n) is 10.4. The lowest BCUT2D eigenvalue weighted by atomic mass is 9.75. The maximum Gasteiger partial charge on any atom is 0.0126 e. The summed E-state index contributed by atoms with van der Waals surface area (Å²) in [6, 6.07) is 0. The minimum absolute atomic E-state index is 0.337. The maximum atomic E-state index is 2.65. The predicted molar refractivity (Wildman–Crippen MR) is 190 cm³/mol. The van der Waals surface area contributed by atoms with Crippen LogP contribution in [0.15, 0.2) is 0 Å². The second-order valence-electron chi connectivity index (χ2n) is 19.9. The van der Waals surface area contributed by atoms with Gasteiger partial charge >= 0.3 is 0 Å². The van der Waals surface area contributed by atoms with Gasteiger partial charge in [0.05, 0.1) is 0 Å². The summed E-state index contributed by atoms with van der Waals surface area (Å²) in [6.07, 6.45) is 5.54. The van der Waals surface area contributed by atoms with Crippen molar-refractivity contribution in [1.29, 1.82) is 0 Å². The first-order chi connectivity index (χ1) is 18.6. The lowest BCUT2D eigenvalue weighted by molar-refractivity contribution is 0.0211. The molecule has 1 atom stereocenters. The summed E-state index contributed by atoms with van der Waals surface area (Å²) in [6.45, 7) is 52.0. The van der Waals surface area contributed by atoms with Gasteiger partial charge in [0, 0.05) is 54.9 Å². The molecule has 42 heavy (non-hydrogen) atoms. The molecule has 3 saturated heterocycles. The van der Waals surface area contributed by atoms with Crippen molar-refractivity contribution in [3.05, 3.63) is 0 Å². The molecule has 0 aliphatic carbocycles. The zero-order chi connectivity index (χ0) is 32.9. The van der Waals surface area contributed by atoms with Crippen LogP contribution in [-0.4, -0.2) is 94.1 Å². The monoisotopic (exact) mass is 593 g/mol. The van der Waals surface area contributed by atoms with Gasteiger partial charge in [-0.1, -0.05) is 41.5 Å². The number of hydrogen-bond acceptors (Lipinski definition) is 4. The Kier molecular flexibility index (Phi) is 14.2. The Morgan fingerprint density at radius 1 is 0.333 bits per heavy atom. The normalized spacial score (nSPS) is 24.0. The van der Waals surface area contributed by atoms with E-state index in [9.17, 15) is 0 Å². The molecule has 4 nitrogen and oxygen atoms in total. The quantitative estimate of drug-likeness (QED) is 0.278. The molecule has 0 aromatic heterocycles. The Bertz CT molecular complexity index is 636. The van der Waals surface area contributed by atoms with Crippen molar-refractivity contribution in [3.8, 4) is 0 Å². The van der Waals surface area contributed by atoms with Crippen molar-refractivity contribution in [3.63, 3.8) is 0 Å². The molecule has 3 aliphatic rings. The summed E-state index contributed by atoms with van der Waals surface area (Å²) in [7, 11) is 0. The van der Waals surface area contributed by atoms with Gasteiger partial charge < -0.3 is 0 Å². The standard InChI is InChI=1S/2C13H27N.C12H26N2/c1-12(2,3)11-7-9-14(10-8-11)13(4,5)6;1-12(2,3)11-8-7-9-14(10-11)13(4,5)6;1-11(2,3)13-7-9-14(10-8-13)12(4,5)6/h2*11H,7-10H2,1-6H3;7-10H2,1-6H3. The van der Waals surface area contributed by atoms with Gasteiger partial charge in [0.2, 0.25) is 0 Å². The molecule has 0 aromatic rings. The second kappa shape index (κ2) is 15.0. The average molecular weight is 593 g/mol. The van der Waals surface area contributed by atoms with E-state index in [-0.39, 0.29) is 0 Å². The Balaban J connectivity index is 0.000000315. The summed E-state index contributed by atoms with van der Waals surface area (Å²) < 4.78 is 0. The van der Waals surface area contributed by atoms with Gasteiger partial charge in [0.15, 0.2) is 0 Å². The molecule has 3 rings (SSSR count). The van der Waals surface area contributed by atoms with Crippen LogP contribution in [0.1, 0.15) is 150 Å². The van der Waals surface area contributed by atoms with Crippen LogP contribution in [0.25, 0.3) is 0 Å². The third kappa shape index (κ3) is 13.9. The molecule has 0 N–H and O–H groups in total. The topological polar surface area (TPSA) is 13.0 Å². The molecule has 0 bridgehead atoms. The highest BCUT2D eigenvalue weighted by Gasteiger charge is 2.34. The Hall–Kier alpha value is -0.160. The summed E-state index contributed by atoms with van der Waals surface area (Å²) in [5.74, 6) is 1.79. The van der Waals surface area contributed by atoms with E-state index in [0.29, 0.717) is 33.0 Å². The summed E-state index contributed by atoms with van der Waals surface area (Å²) in [5, 5.41) is 0. The molecule has 4 heteroatoms. The van der Waals surface area contributed by atoms with Crippen molar-refractivity contribution in [2.24, 2.45) is 22.7 Å². The molecule has 3 fully saturated rings. The van der Waals surface area contributed by atoms with Crippen LogP contribution in [-0.2, 0) is 0 Å². The number of rotatable bonds is 0.